The minimum absolute atomic E-state index is 0.130. The minimum Gasteiger partial charge on any atom is -0.479 e. The van der Waals surface area contributed by atoms with Gasteiger partial charge in [0.25, 0.3) is 12.3 Å². The van der Waals surface area contributed by atoms with Crippen molar-refractivity contribution in [2.24, 2.45) is 5.92 Å². The van der Waals surface area contributed by atoms with Gasteiger partial charge < -0.3 is 24.2 Å². The summed E-state index contributed by atoms with van der Waals surface area (Å²) in [5, 5.41) is 6.79. The first-order valence-corrected chi connectivity index (χ1v) is 12.6. The molecular weight excluding hydrogens is 470 g/mol. The summed E-state index contributed by atoms with van der Waals surface area (Å²) in [5.41, 5.74) is 2.13. The number of pyridine rings is 1. The van der Waals surface area contributed by atoms with Crippen molar-refractivity contribution in [1.29, 1.82) is 0 Å². The third kappa shape index (κ3) is 7.74. The van der Waals surface area contributed by atoms with Crippen molar-refractivity contribution in [2.45, 2.75) is 57.4 Å². The fourth-order valence-corrected chi connectivity index (χ4v) is 4.88. The molecule has 2 aromatic rings. The molecule has 8 nitrogen and oxygen atoms in total. The van der Waals surface area contributed by atoms with Crippen LogP contribution in [0.4, 0.5) is 8.78 Å². The highest BCUT2D eigenvalue weighted by molar-refractivity contribution is 5.91. The molecule has 10 heteroatoms. The van der Waals surface area contributed by atoms with E-state index in [1.54, 1.807) is 18.2 Å². The van der Waals surface area contributed by atoms with E-state index in [-0.39, 0.29) is 17.8 Å². The van der Waals surface area contributed by atoms with Crippen LogP contribution in [0.3, 0.4) is 0 Å². The molecule has 1 saturated carbocycles. The molecule has 36 heavy (non-hydrogen) atoms. The average Bonchev–Trinajstić information content (AvgIpc) is 3.25. The van der Waals surface area contributed by atoms with E-state index < -0.39 is 13.0 Å². The molecule has 0 bridgehead atoms. The Bertz CT molecular complexity index is 1020. The number of alkyl halides is 2. The molecule has 2 aromatic heterocycles. The van der Waals surface area contributed by atoms with E-state index in [4.69, 9.17) is 14.0 Å². The van der Waals surface area contributed by atoms with Gasteiger partial charge in [-0.15, -0.1) is 0 Å². The molecule has 4 rings (SSSR count). The van der Waals surface area contributed by atoms with E-state index in [1.165, 1.54) is 18.7 Å². The summed E-state index contributed by atoms with van der Waals surface area (Å²) in [6.45, 7) is 2.29. The van der Waals surface area contributed by atoms with Crippen molar-refractivity contribution in [2.75, 3.05) is 33.4 Å². The molecule has 0 aromatic carbocycles. The highest BCUT2D eigenvalue weighted by Crippen LogP contribution is 2.28. The van der Waals surface area contributed by atoms with Crippen LogP contribution in [0.2, 0.25) is 0 Å². The average molecular weight is 505 g/mol. The second-order valence-corrected chi connectivity index (χ2v) is 9.42. The van der Waals surface area contributed by atoms with Crippen LogP contribution in [-0.4, -0.2) is 66.8 Å². The number of carbonyl (C=O) groups is 1. The summed E-state index contributed by atoms with van der Waals surface area (Å²) in [5.74, 6) is 1.66. The van der Waals surface area contributed by atoms with Crippen LogP contribution in [0.15, 0.2) is 28.8 Å². The number of ether oxygens (including phenoxy) is 2. The van der Waals surface area contributed by atoms with Crippen LogP contribution in [0.5, 0.6) is 11.8 Å². The first-order chi connectivity index (χ1) is 17.5. The van der Waals surface area contributed by atoms with Crippen LogP contribution < -0.4 is 14.8 Å². The van der Waals surface area contributed by atoms with Gasteiger partial charge >= 0.3 is 0 Å². The predicted octanol–water partition coefficient (Wildman–Crippen LogP) is 3.90. The topological polar surface area (TPSA) is 89.7 Å². The number of aromatic nitrogens is 2. The smallest absolute Gasteiger partial charge is 0.272 e. The molecule has 1 aliphatic carbocycles. The third-order valence-electron chi connectivity index (χ3n) is 6.92. The van der Waals surface area contributed by atoms with Gasteiger partial charge in [-0.3, -0.25) is 4.79 Å². The van der Waals surface area contributed by atoms with Crippen LogP contribution in [-0.2, 0) is 17.6 Å². The van der Waals surface area contributed by atoms with Gasteiger partial charge in [0, 0.05) is 49.5 Å². The second kappa shape index (κ2) is 12.8. The van der Waals surface area contributed by atoms with Crippen molar-refractivity contribution >= 4 is 12.0 Å². The van der Waals surface area contributed by atoms with Gasteiger partial charge in [-0.05, 0) is 67.8 Å². The highest BCUT2D eigenvalue weighted by Gasteiger charge is 2.23. The number of hydrogen-bond acceptors (Lipinski definition) is 7. The van der Waals surface area contributed by atoms with Crippen molar-refractivity contribution in [3.8, 4) is 11.8 Å². The second-order valence-electron chi connectivity index (χ2n) is 9.42. The lowest BCUT2D eigenvalue weighted by atomic mass is 9.84. The number of nitrogens with zero attached hydrogens (tertiary/aromatic N) is 3. The summed E-state index contributed by atoms with van der Waals surface area (Å²) in [6, 6.07) is 5.47. The molecule has 0 radical (unpaired) electrons. The Labute approximate surface area is 210 Å². The van der Waals surface area contributed by atoms with Crippen molar-refractivity contribution in [3.05, 3.63) is 41.3 Å². The Hall–Kier alpha value is -3.01. The molecule has 1 N–H and O–H groups in total. The molecule has 2 aliphatic rings. The summed E-state index contributed by atoms with van der Waals surface area (Å²) in [4.78, 5) is 19.2. The van der Waals surface area contributed by atoms with Gasteiger partial charge in [0.05, 0.1) is 7.11 Å². The van der Waals surface area contributed by atoms with E-state index in [2.05, 4.69) is 20.4 Å². The standard InChI is InChI=1S/C26H34F2N4O4/c1-34-26-16-21(36-31-26)7-8-24(33)29-20-5-2-18(3-6-20)10-13-32-14-11-19-4-9-25(35-17-23(27)28)30-22(19)12-15-32/h4,7-9,16,18,20,23H,2-3,5-6,10-15,17H2,1H3,(H,29,33)/b8-7+/t18-,20-. The van der Waals surface area contributed by atoms with Gasteiger partial charge in [0.2, 0.25) is 11.8 Å². The number of carbonyl (C=O) groups excluding carboxylic acids is 1. The van der Waals surface area contributed by atoms with E-state index >= 15 is 0 Å². The molecule has 196 valence electrons. The maximum Gasteiger partial charge on any atom is 0.272 e. The van der Waals surface area contributed by atoms with E-state index in [1.807, 2.05) is 6.07 Å². The SMILES string of the molecule is COc1cc(/C=C/C(=O)N[C@H]2CC[C@H](CCN3CCc4ccc(OCC(F)F)nc4CC3)CC2)on1. The number of fused-ring (bicyclic) bond motifs is 1. The Morgan fingerprint density at radius 1 is 1.22 bits per heavy atom. The number of nitrogens with one attached hydrogen (secondary N) is 1. The predicted molar refractivity (Wildman–Crippen MR) is 130 cm³/mol. The number of methoxy groups -OCH3 is 1. The summed E-state index contributed by atoms with van der Waals surface area (Å²) >= 11 is 0. The van der Waals surface area contributed by atoms with Gasteiger partial charge in [0.1, 0.15) is 0 Å². The summed E-state index contributed by atoms with van der Waals surface area (Å²) < 4.78 is 39.9. The molecule has 1 fully saturated rings. The molecule has 0 saturated heterocycles. The third-order valence-corrected chi connectivity index (χ3v) is 6.92. The maximum atomic E-state index is 12.4. The Balaban J connectivity index is 1.15. The lowest BCUT2D eigenvalue weighted by molar-refractivity contribution is -0.117. The van der Waals surface area contributed by atoms with Crippen LogP contribution in [0.1, 0.15) is 49.1 Å². The summed E-state index contributed by atoms with van der Waals surface area (Å²) in [7, 11) is 1.51. The normalized spacial score (nSPS) is 20.8. The maximum absolute atomic E-state index is 12.4. The zero-order valence-corrected chi connectivity index (χ0v) is 20.6. The molecule has 0 atom stereocenters. The molecular formula is C26H34F2N4O4. The molecule has 0 unspecified atom stereocenters. The zero-order chi connectivity index (χ0) is 25.3. The fraction of sp³-hybridized carbons (Fsp3) is 0.577. The van der Waals surface area contributed by atoms with Gasteiger partial charge in [-0.1, -0.05) is 6.07 Å². The summed E-state index contributed by atoms with van der Waals surface area (Å²) in [6.07, 6.45) is 7.57. The van der Waals surface area contributed by atoms with Gasteiger partial charge in [0.15, 0.2) is 12.4 Å². The van der Waals surface area contributed by atoms with Crippen molar-refractivity contribution in [1.82, 2.24) is 20.4 Å². The van der Waals surface area contributed by atoms with Gasteiger partial charge in [-0.2, -0.15) is 0 Å². The largest absolute Gasteiger partial charge is 0.479 e. The lowest BCUT2D eigenvalue weighted by Gasteiger charge is -2.30. The monoisotopic (exact) mass is 504 g/mol. The zero-order valence-electron chi connectivity index (χ0n) is 20.6. The van der Waals surface area contributed by atoms with Crippen LogP contribution in [0.25, 0.3) is 6.08 Å². The Morgan fingerprint density at radius 2 is 2.03 bits per heavy atom. The van der Waals surface area contributed by atoms with Crippen molar-refractivity contribution < 1.29 is 27.6 Å². The first-order valence-electron chi connectivity index (χ1n) is 12.6. The van der Waals surface area contributed by atoms with Crippen LogP contribution in [0, 0.1) is 5.92 Å². The van der Waals surface area contributed by atoms with E-state index in [0.29, 0.717) is 17.6 Å². The molecule has 1 aliphatic heterocycles. The fourth-order valence-electron chi connectivity index (χ4n) is 4.88. The lowest BCUT2D eigenvalue weighted by Crippen LogP contribution is -2.37. The van der Waals surface area contributed by atoms with Crippen LogP contribution >= 0.6 is 0 Å². The number of amides is 1. The van der Waals surface area contributed by atoms with E-state index in [9.17, 15) is 13.6 Å². The first kappa shape index (κ1) is 26.1. The van der Waals surface area contributed by atoms with Crippen molar-refractivity contribution in [3.63, 3.8) is 0 Å². The molecule has 0 spiro atoms. The number of rotatable bonds is 10. The van der Waals surface area contributed by atoms with Gasteiger partial charge in [-0.25, -0.2) is 13.8 Å². The minimum atomic E-state index is -2.50. The highest BCUT2D eigenvalue weighted by atomic mass is 19.3. The van der Waals surface area contributed by atoms with E-state index in [0.717, 1.165) is 70.3 Å². The quantitative estimate of drug-likeness (QED) is 0.491. The molecule has 3 heterocycles. The number of halogens is 2. The number of hydrogen-bond donors (Lipinski definition) is 1. The molecule has 1 amide bonds. The Morgan fingerprint density at radius 3 is 2.78 bits per heavy atom. The Kier molecular flexibility index (Phi) is 9.27.